The van der Waals surface area contributed by atoms with Crippen molar-refractivity contribution < 1.29 is 14.3 Å². The van der Waals surface area contributed by atoms with Gasteiger partial charge in [0, 0.05) is 19.1 Å². The van der Waals surface area contributed by atoms with Crippen molar-refractivity contribution in [3.63, 3.8) is 0 Å². The van der Waals surface area contributed by atoms with Gasteiger partial charge in [-0.2, -0.15) is 0 Å². The van der Waals surface area contributed by atoms with Crippen LogP contribution in [-0.2, 0) is 4.79 Å². The molecule has 1 amide bonds. The molecule has 1 heterocycles. The Bertz CT molecular complexity index is 363. The second-order valence-electron chi connectivity index (χ2n) is 2.62. The standard InChI is InChI=1S/C9H10N2O3/c1-6(13)10-9-4-8(14-2)3-7(5-12)11-9/h3-5H,1-2H3,(H,10,11,13). The lowest BCUT2D eigenvalue weighted by Crippen LogP contribution is -2.08. The van der Waals surface area contributed by atoms with Crippen LogP contribution in [-0.4, -0.2) is 24.3 Å². The van der Waals surface area contributed by atoms with Crippen LogP contribution in [0, 0.1) is 0 Å². The fourth-order valence-corrected chi connectivity index (χ4v) is 0.948. The van der Waals surface area contributed by atoms with Gasteiger partial charge in [0.1, 0.15) is 17.3 Å². The van der Waals surface area contributed by atoms with Gasteiger partial charge < -0.3 is 10.1 Å². The van der Waals surface area contributed by atoms with Crippen LogP contribution in [0.2, 0.25) is 0 Å². The average Bonchev–Trinajstić information content (AvgIpc) is 2.16. The third-order valence-corrected chi connectivity index (χ3v) is 1.48. The van der Waals surface area contributed by atoms with Crippen LogP contribution in [0.15, 0.2) is 12.1 Å². The Morgan fingerprint density at radius 1 is 1.57 bits per heavy atom. The van der Waals surface area contributed by atoms with Crippen LogP contribution in [0.1, 0.15) is 17.4 Å². The molecule has 0 atom stereocenters. The zero-order valence-electron chi connectivity index (χ0n) is 7.90. The molecule has 1 aromatic heterocycles. The molecule has 5 nitrogen and oxygen atoms in total. The number of anilines is 1. The number of aldehydes is 1. The minimum Gasteiger partial charge on any atom is -0.497 e. The average molecular weight is 194 g/mol. The molecule has 0 radical (unpaired) electrons. The number of pyridine rings is 1. The maximum absolute atomic E-state index is 10.7. The summed E-state index contributed by atoms with van der Waals surface area (Å²) in [5.74, 6) is 0.535. The van der Waals surface area contributed by atoms with E-state index in [1.165, 1.54) is 26.2 Å². The van der Waals surface area contributed by atoms with Crippen molar-refractivity contribution in [3.8, 4) is 5.75 Å². The Kier molecular flexibility index (Phi) is 3.17. The first-order chi connectivity index (χ1) is 6.65. The molecule has 0 saturated carbocycles. The quantitative estimate of drug-likeness (QED) is 0.724. The molecule has 0 aliphatic rings. The topological polar surface area (TPSA) is 68.3 Å². The van der Waals surface area contributed by atoms with E-state index in [1.54, 1.807) is 0 Å². The SMILES string of the molecule is COc1cc(C=O)nc(NC(C)=O)c1. The molecule has 0 saturated heterocycles. The van der Waals surface area contributed by atoms with E-state index in [0.717, 1.165) is 0 Å². The number of carbonyl (C=O) groups excluding carboxylic acids is 2. The van der Waals surface area contributed by atoms with Crippen molar-refractivity contribution in [2.45, 2.75) is 6.92 Å². The van der Waals surface area contributed by atoms with Gasteiger partial charge in [-0.3, -0.25) is 9.59 Å². The van der Waals surface area contributed by atoms with E-state index >= 15 is 0 Å². The Balaban J connectivity index is 3.03. The molecule has 0 bridgehead atoms. The smallest absolute Gasteiger partial charge is 0.222 e. The van der Waals surface area contributed by atoms with Crippen molar-refractivity contribution in [2.75, 3.05) is 12.4 Å². The molecule has 0 aliphatic carbocycles. The van der Waals surface area contributed by atoms with Gasteiger partial charge >= 0.3 is 0 Å². The molecule has 5 heteroatoms. The highest BCUT2D eigenvalue weighted by Crippen LogP contribution is 2.16. The third kappa shape index (κ3) is 2.55. The van der Waals surface area contributed by atoms with E-state index in [4.69, 9.17) is 4.74 Å². The minimum atomic E-state index is -0.248. The minimum absolute atomic E-state index is 0.216. The van der Waals surface area contributed by atoms with Crippen molar-refractivity contribution in [2.24, 2.45) is 0 Å². The summed E-state index contributed by atoms with van der Waals surface area (Å²) in [6.45, 7) is 1.36. The zero-order valence-corrected chi connectivity index (χ0v) is 7.90. The largest absolute Gasteiger partial charge is 0.497 e. The second kappa shape index (κ2) is 4.36. The lowest BCUT2D eigenvalue weighted by molar-refractivity contribution is -0.114. The molecule has 1 aromatic rings. The molecule has 0 fully saturated rings. The molecule has 14 heavy (non-hydrogen) atoms. The summed E-state index contributed by atoms with van der Waals surface area (Å²) < 4.78 is 4.93. The molecule has 1 rings (SSSR count). The first-order valence-corrected chi connectivity index (χ1v) is 3.94. The lowest BCUT2D eigenvalue weighted by atomic mass is 10.3. The number of aromatic nitrogens is 1. The summed E-state index contributed by atoms with van der Waals surface area (Å²) in [5, 5.41) is 2.47. The van der Waals surface area contributed by atoms with Gasteiger partial charge in [-0.15, -0.1) is 0 Å². The summed E-state index contributed by atoms with van der Waals surface area (Å²) >= 11 is 0. The Hall–Kier alpha value is -1.91. The number of hydrogen-bond acceptors (Lipinski definition) is 4. The van der Waals surface area contributed by atoms with Crippen molar-refractivity contribution in [3.05, 3.63) is 17.8 Å². The summed E-state index contributed by atoms with van der Waals surface area (Å²) in [6.07, 6.45) is 0.591. The predicted octanol–water partition coefficient (Wildman–Crippen LogP) is 0.861. The van der Waals surface area contributed by atoms with Crippen molar-refractivity contribution >= 4 is 18.0 Å². The van der Waals surface area contributed by atoms with E-state index in [9.17, 15) is 9.59 Å². The highest BCUT2D eigenvalue weighted by molar-refractivity contribution is 5.88. The number of hydrogen-bond donors (Lipinski definition) is 1. The van der Waals surface area contributed by atoms with Gasteiger partial charge in [-0.1, -0.05) is 0 Å². The van der Waals surface area contributed by atoms with Gasteiger partial charge in [0.2, 0.25) is 5.91 Å². The maximum Gasteiger partial charge on any atom is 0.222 e. The normalized spacial score (nSPS) is 9.29. The van der Waals surface area contributed by atoms with E-state index in [1.807, 2.05) is 0 Å². The van der Waals surface area contributed by atoms with Crippen molar-refractivity contribution in [1.82, 2.24) is 4.98 Å². The Morgan fingerprint density at radius 2 is 2.29 bits per heavy atom. The number of methoxy groups -OCH3 is 1. The Labute approximate surface area is 81.1 Å². The van der Waals surface area contributed by atoms with E-state index in [-0.39, 0.29) is 11.6 Å². The highest BCUT2D eigenvalue weighted by atomic mass is 16.5. The van der Waals surface area contributed by atoms with E-state index in [0.29, 0.717) is 17.9 Å². The molecule has 0 spiro atoms. The molecule has 0 aromatic carbocycles. The van der Waals surface area contributed by atoms with Gasteiger partial charge in [0.05, 0.1) is 7.11 Å². The van der Waals surface area contributed by atoms with Crippen LogP contribution in [0.5, 0.6) is 5.75 Å². The zero-order chi connectivity index (χ0) is 10.6. The second-order valence-corrected chi connectivity index (χ2v) is 2.62. The van der Waals surface area contributed by atoms with Gasteiger partial charge in [-0.05, 0) is 0 Å². The highest BCUT2D eigenvalue weighted by Gasteiger charge is 2.03. The van der Waals surface area contributed by atoms with E-state index in [2.05, 4.69) is 10.3 Å². The molecular weight excluding hydrogens is 184 g/mol. The van der Waals surface area contributed by atoms with Crippen LogP contribution < -0.4 is 10.1 Å². The number of ether oxygens (including phenoxy) is 1. The van der Waals surface area contributed by atoms with E-state index < -0.39 is 0 Å². The maximum atomic E-state index is 10.7. The molecule has 74 valence electrons. The number of carbonyl (C=O) groups is 2. The van der Waals surface area contributed by atoms with Crippen LogP contribution in [0.4, 0.5) is 5.82 Å². The van der Waals surface area contributed by atoms with Gasteiger partial charge in [0.25, 0.3) is 0 Å². The molecule has 0 aliphatic heterocycles. The molecule has 0 unspecified atom stereocenters. The predicted molar refractivity (Wildman–Crippen MR) is 50.5 cm³/mol. The summed E-state index contributed by atoms with van der Waals surface area (Å²) in [7, 11) is 1.47. The lowest BCUT2D eigenvalue weighted by Gasteiger charge is -2.04. The number of rotatable bonds is 3. The van der Waals surface area contributed by atoms with Gasteiger partial charge in [0.15, 0.2) is 6.29 Å². The van der Waals surface area contributed by atoms with Crippen molar-refractivity contribution in [1.29, 1.82) is 0 Å². The number of nitrogens with one attached hydrogen (secondary N) is 1. The summed E-state index contributed by atoms with van der Waals surface area (Å²) in [6, 6.07) is 3.02. The van der Waals surface area contributed by atoms with Crippen LogP contribution in [0.25, 0.3) is 0 Å². The van der Waals surface area contributed by atoms with Crippen LogP contribution >= 0.6 is 0 Å². The van der Waals surface area contributed by atoms with Crippen LogP contribution in [0.3, 0.4) is 0 Å². The first kappa shape index (κ1) is 10.2. The number of nitrogens with zero attached hydrogens (tertiary/aromatic N) is 1. The third-order valence-electron chi connectivity index (χ3n) is 1.48. The molecular formula is C9H10N2O3. The monoisotopic (exact) mass is 194 g/mol. The fraction of sp³-hybridized carbons (Fsp3) is 0.222. The number of amides is 1. The summed E-state index contributed by atoms with van der Waals surface area (Å²) in [4.78, 5) is 25.1. The molecule has 1 N–H and O–H groups in total. The first-order valence-electron chi connectivity index (χ1n) is 3.94. The van der Waals surface area contributed by atoms with Gasteiger partial charge in [-0.25, -0.2) is 4.98 Å². The fourth-order valence-electron chi connectivity index (χ4n) is 0.948. The Morgan fingerprint density at radius 3 is 2.79 bits per heavy atom. The summed E-state index contributed by atoms with van der Waals surface area (Å²) in [5.41, 5.74) is 0.216.